The summed E-state index contributed by atoms with van der Waals surface area (Å²) in [5.74, 6) is -0.809. The Kier molecular flexibility index (Phi) is 80.8. The van der Waals surface area contributed by atoms with Crippen LogP contribution in [0.25, 0.3) is 0 Å². The molecule has 0 saturated carbocycles. The second-order valence-electron chi connectivity index (χ2n) is 28.7. The lowest BCUT2D eigenvalue weighted by molar-refractivity contribution is -0.161. The molecule has 0 amide bonds. The Hall–Kier alpha value is -2.81. The lowest BCUT2D eigenvalue weighted by Crippen LogP contribution is -2.29. The van der Waals surface area contributed by atoms with Gasteiger partial charge in [-0.15, -0.1) is 0 Å². The van der Waals surface area contributed by atoms with Crippen LogP contribution >= 0.6 is 7.82 Å². The Morgan fingerprint density at radius 2 is 0.561 bits per heavy atom. The van der Waals surface area contributed by atoms with Gasteiger partial charge in [0.2, 0.25) is 0 Å². The van der Waals surface area contributed by atoms with E-state index in [-0.39, 0.29) is 38.6 Å². The molecule has 0 aliphatic heterocycles. The van der Waals surface area contributed by atoms with Gasteiger partial charge in [-0.2, -0.15) is 0 Å². The molecule has 2 atom stereocenters. The highest BCUT2D eigenvalue weighted by atomic mass is 31.2. The van der Waals surface area contributed by atoms with Crippen molar-refractivity contribution >= 4 is 19.8 Å². The van der Waals surface area contributed by atoms with E-state index in [9.17, 15) is 19.0 Å². The van der Waals surface area contributed by atoms with Gasteiger partial charge >= 0.3 is 19.8 Å². The first-order valence-electron chi connectivity index (χ1n) is 42.6. The number of phosphoric ester groups is 1. The summed E-state index contributed by atoms with van der Waals surface area (Å²) < 4.78 is 33.3. The van der Waals surface area contributed by atoms with Crippen LogP contribution in [0.15, 0.2) is 85.1 Å². The molecule has 0 aromatic carbocycles. The number of hydrogen-bond donors (Lipinski definition) is 2. The highest BCUT2D eigenvalue weighted by molar-refractivity contribution is 7.47. The van der Waals surface area contributed by atoms with E-state index in [1.165, 1.54) is 315 Å². The molecule has 0 bridgehead atoms. The van der Waals surface area contributed by atoms with Gasteiger partial charge in [-0.1, -0.05) is 433 Å². The summed E-state index contributed by atoms with van der Waals surface area (Å²) >= 11 is 0. The Morgan fingerprint density at radius 1 is 0.316 bits per heavy atom. The van der Waals surface area contributed by atoms with Crippen LogP contribution in [-0.2, 0) is 32.7 Å². The number of carbonyl (C=O) groups is 2. The minimum absolute atomic E-state index is 0.0533. The Bertz CT molecular complexity index is 1890. The molecule has 9 nitrogen and oxygen atoms in total. The highest BCUT2D eigenvalue weighted by Crippen LogP contribution is 2.43. The summed E-state index contributed by atoms with van der Waals surface area (Å²) in [5, 5.41) is 0. The zero-order valence-electron chi connectivity index (χ0n) is 64.8. The molecule has 98 heavy (non-hydrogen) atoms. The maximum atomic E-state index is 12.8. The third kappa shape index (κ3) is 82.1. The van der Waals surface area contributed by atoms with Crippen LogP contribution in [-0.4, -0.2) is 49.3 Å². The summed E-state index contributed by atoms with van der Waals surface area (Å²) in [4.78, 5) is 35.5. The minimum atomic E-state index is -4.40. The summed E-state index contributed by atoms with van der Waals surface area (Å²) in [6.45, 7) is 3.70. The van der Waals surface area contributed by atoms with Gasteiger partial charge in [0, 0.05) is 19.4 Å². The standard InChI is InChI=1S/C88H162NO8P/c1-3-5-7-9-11-13-15-17-19-21-23-25-27-29-31-33-35-37-39-41-42-43-45-46-48-50-52-54-56-58-60-62-64-66-68-70-72-74-76-78-80-87(90)94-84-86(85-96-98(92,93)95-83-82-89)97-88(91)81-79-77-75-73-71-69-67-65-63-61-59-57-55-53-51-49-47-44-40-38-36-34-32-30-28-26-24-22-20-18-16-14-12-10-8-6-4-2/h6,8,12,14,18,20,24,26,30,32,36,38,44,47,86H,3-5,7,9-11,13,15-17,19,21-23,25,27-29,31,33-35,37,39-43,45-46,48-85,89H2,1-2H3,(H,92,93)/b8-6-,14-12-,20-18-,26-24-,32-30-,38-36-,47-44-. The predicted molar refractivity (Wildman–Crippen MR) is 427 cm³/mol. The second-order valence-corrected chi connectivity index (χ2v) is 30.1. The number of unbranched alkanes of at least 4 members (excludes halogenated alkanes) is 54. The van der Waals surface area contributed by atoms with E-state index in [4.69, 9.17) is 24.3 Å². The van der Waals surface area contributed by atoms with Gasteiger partial charge in [0.15, 0.2) is 6.10 Å². The Morgan fingerprint density at radius 3 is 0.837 bits per heavy atom. The molecule has 0 aliphatic carbocycles. The molecule has 10 heteroatoms. The predicted octanol–water partition coefficient (Wildman–Crippen LogP) is 28.8. The zero-order valence-corrected chi connectivity index (χ0v) is 65.7. The third-order valence-electron chi connectivity index (χ3n) is 19.0. The van der Waals surface area contributed by atoms with Crippen molar-refractivity contribution in [3.63, 3.8) is 0 Å². The average molecular weight is 1390 g/mol. The third-order valence-corrected chi connectivity index (χ3v) is 20.0. The van der Waals surface area contributed by atoms with Crippen LogP contribution < -0.4 is 5.73 Å². The fourth-order valence-corrected chi connectivity index (χ4v) is 13.6. The first-order chi connectivity index (χ1) is 48.3. The number of allylic oxidation sites excluding steroid dienone is 14. The smallest absolute Gasteiger partial charge is 0.462 e. The van der Waals surface area contributed by atoms with Crippen LogP contribution in [0.1, 0.15) is 431 Å². The molecule has 0 aliphatic rings. The van der Waals surface area contributed by atoms with Gasteiger partial charge in [-0.25, -0.2) is 4.57 Å². The largest absolute Gasteiger partial charge is 0.472 e. The number of ether oxygens (including phenoxy) is 2. The molecular formula is C88H162NO8P. The molecule has 0 fully saturated rings. The highest BCUT2D eigenvalue weighted by Gasteiger charge is 2.26. The molecule has 0 aromatic heterocycles. The van der Waals surface area contributed by atoms with Crippen molar-refractivity contribution in [2.45, 2.75) is 437 Å². The molecule has 0 aromatic rings. The normalized spacial score (nSPS) is 13.2. The number of nitrogens with two attached hydrogens (primary N) is 1. The van der Waals surface area contributed by atoms with Crippen LogP contribution in [0.3, 0.4) is 0 Å². The molecule has 572 valence electrons. The van der Waals surface area contributed by atoms with E-state index in [0.29, 0.717) is 6.42 Å². The lowest BCUT2D eigenvalue weighted by atomic mass is 10.0. The molecule has 0 heterocycles. The summed E-state index contributed by atoms with van der Waals surface area (Å²) in [7, 11) is -4.40. The van der Waals surface area contributed by atoms with Gasteiger partial charge < -0.3 is 20.1 Å². The first-order valence-corrected chi connectivity index (χ1v) is 44.1. The number of phosphoric acid groups is 1. The number of carbonyl (C=O) groups excluding carboxylic acids is 2. The number of rotatable bonds is 81. The van der Waals surface area contributed by atoms with Crippen LogP contribution in [0.2, 0.25) is 0 Å². The van der Waals surface area contributed by atoms with E-state index < -0.39 is 26.5 Å². The average Bonchev–Trinajstić information content (AvgIpc) is 1.57. The summed E-state index contributed by atoms with van der Waals surface area (Å²) in [6, 6.07) is 0. The molecule has 0 saturated heterocycles. The fraction of sp³-hybridized carbons (Fsp3) is 0.818. The second kappa shape index (κ2) is 83.1. The van der Waals surface area contributed by atoms with E-state index in [0.717, 1.165) is 83.5 Å². The van der Waals surface area contributed by atoms with E-state index >= 15 is 0 Å². The quantitative estimate of drug-likeness (QED) is 0.0264. The fourth-order valence-electron chi connectivity index (χ4n) is 12.8. The maximum absolute atomic E-state index is 12.8. The van der Waals surface area contributed by atoms with Gasteiger partial charge in [0.05, 0.1) is 13.2 Å². The van der Waals surface area contributed by atoms with Crippen molar-refractivity contribution in [3.8, 4) is 0 Å². The summed E-state index contributed by atoms with van der Waals surface area (Å²) in [5.41, 5.74) is 5.42. The summed E-state index contributed by atoms with van der Waals surface area (Å²) in [6.07, 6.45) is 113. The van der Waals surface area contributed by atoms with Crippen molar-refractivity contribution in [1.29, 1.82) is 0 Å². The van der Waals surface area contributed by atoms with Crippen LogP contribution in [0, 0.1) is 0 Å². The number of hydrogen-bond acceptors (Lipinski definition) is 8. The van der Waals surface area contributed by atoms with Crippen LogP contribution in [0.5, 0.6) is 0 Å². The monoisotopic (exact) mass is 1390 g/mol. The topological polar surface area (TPSA) is 134 Å². The Balaban J connectivity index is 3.75. The minimum Gasteiger partial charge on any atom is -0.462 e. The molecule has 0 rings (SSSR count). The molecular weight excluding hydrogens is 1230 g/mol. The van der Waals surface area contributed by atoms with Crippen molar-refractivity contribution in [3.05, 3.63) is 85.1 Å². The van der Waals surface area contributed by atoms with Crippen molar-refractivity contribution in [2.75, 3.05) is 26.4 Å². The molecule has 0 spiro atoms. The lowest BCUT2D eigenvalue weighted by Gasteiger charge is -2.19. The maximum Gasteiger partial charge on any atom is 0.472 e. The van der Waals surface area contributed by atoms with Gasteiger partial charge in [-0.3, -0.25) is 18.6 Å². The van der Waals surface area contributed by atoms with E-state index in [2.05, 4.69) is 98.9 Å². The van der Waals surface area contributed by atoms with Crippen molar-refractivity contribution in [1.82, 2.24) is 0 Å². The van der Waals surface area contributed by atoms with Gasteiger partial charge in [0.25, 0.3) is 0 Å². The zero-order chi connectivity index (χ0) is 70.8. The van der Waals surface area contributed by atoms with E-state index in [1.807, 2.05) is 0 Å². The molecule has 0 radical (unpaired) electrons. The molecule has 2 unspecified atom stereocenters. The SMILES string of the molecule is CC/C=C\C/C=C\C/C=C\C/C=C\C/C=C\C/C=C\C/C=C\CCCCCCCCCCCCCCCCCC(=O)OC(COC(=O)CCCCCCCCCCCCCCCCCCCCCCCCCCCCCCCCCCCCCCCCCC)COP(=O)(O)OCCN. The Labute approximate surface area is 608 Å². The van der Waals surface area contributed by atoms with Crippen molar-refractivity contribution in [2.24, 2.45) is 5.73 Å². The van der Waals surface area contributed by atoms with Crippen LogP contribution in [0.4, 0.5) is 0 Å². The van der Waals surface area contributed by atoms with Gasteiger partial charge in [0.1, 0.15) is 6.61 Å². The van der Waals surface area contributed by atoms with Gasteiger partial charge in [-0.05, 0) is 70.6 Å². The number of esters is 2. The first kappa shape index (κ1) is 95.2. The molecule has 3 N–H and O–H groups in total. The van der Waals surface area contributed by atoms with Crippen molar-refractivity contribution < 1.29 is 37.6 Å². The van der Waals surface area contributed by atoms with E-state index in [1.54, 1.807) is 0 Å².